The Bertz CT molecular complexity index is 921. The summed E-state index contributed by atoms with van der Waals surface area (Å²) in [6, 6.07) is 13.4. The summed E-state index contributed by atoms with van der Waals surface area (Å²) >= 11 is 0. The van der Waals surface area contributed by atoms with Crippen molar-refractivity contribution >= 4 is 12.0 Å². The number of methoxy groups -OCH3 is 2. The predicted molar refractivity (Wildman–Crippen MR) is 123 cm³/mol. The molecule has 0 N–H and O–H groups in total. The molecule has 2 atom stereocenters. The number of hydrogen-bond donors (Lipinski definition) is 0. The molecule has 0 amide bonds. The van der Waals surface area contributed by atoms with E-state index in [0.29, 0.717) is 42.5 Å². The average Bonchev–Trinajstić information content (AvgIpc) is 2.78. The van der Waals surface area contributed by atoms with Crippen molar-refractivity contribution in [2.24, 2.45) is 0 Å². The van der Waals surface area contributed by atoms with Crippen LogP contribution in [-0.2, 0) is 20.7 Å². The maximum Gasteiger partial charge on any atom is 0.339 e. The molecule has 6 heteroatoms. The summed E-state index contributed by atoms with van der Waals surface area (Å²) in [5.74, 6) is 1.38. The lowest BCUT2D eigenvalue weighted by atomic mass is 9.98. The first kappa shape index (κ1) is 23.8. The number of rotatable bonds is 11. The molecule has 6 nitrogen and oxygen atoms in total. The van der Waals surface area contributed by atoms with Gasteiger partial charge in [0.25, 0.3) is 0 Å². The summed E-state index contributed by atoms with van der Waals surface area (Å²) in [4.78, 5) is 12.7. The zero-order valence-corrected chi connectivity index (χ0v) is 19.3. The zero-order chi connectivity index (χ0) is 22.9. The van der Waals surface area contributed by atoms with E-state index >= 15 is 0 Å². The Balaban J connectivity index is 1.90. The molecule has 1 aliphatic heterocycles. The van der Waals surface area contributed by atoms with Crippen LogP contribution in [0, 0.1) is 0 Å². The van der Waals surface area contributed by atoms with E-state index in [9.17, 15) is 4.79 Å². The summed E-state index contributed by atoms with van der Waals surface area (Å²) in [5, 5.41) is 0. The van der Waals surface area contributed by atoms with E-state index in [1.165, 1.54) is 0 Å². The summed E-state index contributed by atoms with van der Waals surface area (Å²) in [6.45, 7) is 5.18. The van der Waals surface area contributed by atoms with E-state index in [1.807, 2.05) is 56.3 Å². The van der Waals surface area contributed by atoms with Gasteiger partial charge in [-0.15, -0.1) is 0 Å². The predicted octanol–water partition coefficient (Wildman–Crippen LogP) is 4.84. The standard InChI is InChI=1S/C26H32O6/c1-18(10-12-28-3)30-22-16-24(31-19(2)11-13-29-4)23-15-21(26(27)32-25(23)17-22)14-20-8-6-5-7-9-20/h5-9,14,16-19H,10-13,15H2,1-4H3. The van der Waals surface area contributed by atoms with E-state index in [0.717, 1.165) is 24.0 Å². The third-order valence-electron chi connectivity index (χ3n) is 5.24. The monoisotopic (exact) mass is 440 g/mol. The minimum absolute atomic E-state index is 0.0559. The van der Waals surface area contributed by atoms with Gasteiger partial charge < -0.3 is 23.7 Å². The average molecular weight is 441 g/mol. The molecular formula is C26H32O6. The van der Waals surface area contributed by atoms with Gasteiger partial charge >= 0.3 is 5.97 Å². The largest absolute Gasteiger partial charge is 0.490 e. The Kier molecular flexibility index (Phi) is 8.71. The normalized spacial score (nSPS) is 16.2. The zero-order valence-electron chi connectivity index (χ0n) is 19.3. The van der Waals surface area contributed by atoms with Crippen molar-refractivity contribution in [1.29, 1.82) is 0 Å². The number of carbonyl (C=O) groups is 1. The van der Waals surface area contributed by atoms with Gasteiger partial charge in [-0.1, -0.05) is 30.3 Å². The third kappa shape index (κ3) is 6.58. The van der Waals surface area contributed by atoms with Crippen LogP contribution in [0.3, 0.4) is 0 Å². The van der Waals surface area contributed by atoms with Crippen LogP contribution in [0.15, 0.2) is 48.0 Å². The molecule has 0 aliphatic carbocycles. The molecule has 0 fully saturated rings. The van der Waals surface area contributed by atoms with Crippen molar-refractivity contribution in [1.82, 2.24) is 0 Å². The van der Waals surface area contributed by atoms with Crippen molar-refractivity contribution in [3.8, 4) is 17.2 Å². The highest BCUT2D eigenvalue weighted by atomic mass is 16.5. The molecule has 2 unspecified atom stereocenters. The van der Waals surface area contributed by atoms with Crippen LogP contribution in [0.5, 0.6) is 17.2 Å². The van der Waals surface area contributed by atoms with Crippen LogP contribution in [0.4, 0.5) is 0 Å². The van der Waals surface area contributed by atoms with E-state index in [2.05, 4.69) is 0 Å². The SMILES string of the molecule is COCCC(C)Oc1cc2c(c(OC(C)CCOC)c1)CC(=Cc1ccccc1)C(=O)O2. The van der Waals surface area contributed by atoms with Crippen LogP contribution in [-0.4, -0.2) is 45.6 Å². The van der Waals surface area contributed by atoms with E-state index in [-0.39, 0.29) is 18.2 Å². The van der Waals surface area contributed by atoms with Crippen LogP contribution in [0.1, 0.15) is 37.8 Å². The molecule has 0 spiro atoms. The molecule has 0 bridgehead atoms. The number of ether oxygens (including phenoxy) is 5. The molecule has 32 heavy (non-hydrogen) atoms. The van der Waals surface area contributed by atoms with Gasteiger partial charge in [0, 0.05) is 70.0 Å². The lowest BCUT2D eigenvalue weighted by Crippen LogP contribution is -2.22. The summed E-state index contributed by atoms with van der Waals surface area (Å²) in [6.07, 6.45) is 3.65. The van der Waals surface area contributed by atoms with Gasteiger partial charge in [-0.05, 0) is 25.5 Å². The minimum Gasteiger partial charge on any atom is -0.490 e. The van der Waals surface area contributed by atoms with Crippen molar-refractivity contribution in [3.63, 3.8) is 0 Å². The Morgan fingerprint density at radius 3 is 2.28 bits per heavy atom. The smallest absolute Gasteiger partial charge is 0.339 e. The fourth-order valence-electron chi connectivity index (χ4n) is 3.46. The molecule has 2 aromatic rings. The van der Waals surface area contributed by atoms with Crippen LogP contribution < -0.4 is 14.2 Å². The minimum atomic E-state index is -0.357. The molecule has 2 aromatic carbocycles. The molecule has 172 valence electrons. The molecule has 0 aromatic heterocycles. The van der Waals surface area contributed by atoms with Gasteiger partial charge in [-0.2, -0.15) is 0 Å². The van der Waals surface area contributed by atoms with Crippen molar-refractivity contribution in [2.75, 3.05) is 27.4 Å². The molecule has 0 saturated heterocycles. The first-order chi connectivity index (χ1) is 15.5. The molecule has 3 rings (SSSR count). The Labute approximate surface area is 190 Å². The van der Waals surface area contributed by atoms with Crippen LogP contribution >= 0.6 is 0 Å². The molecular weight excluding hydrogens is 408 g/mol. The lowest BCUT2D eigenvalue weighted by Gasteiger charge is -2.25. The van der Waals surface area contributed by atoms with Gasteiger partial charge in [0.2, 0.25) is 0 Å². The Hall–Kier alpha value is -2.83. The fourth-order valence-corrected chi connectivity index (χ4v) is 3.46. The Morgan fingerprint density at radius 1 is 0.969 bits per heavy atom. The highest BCUT2D eigenvalue weighted by Gasteiger charge is 2.27. The summed E-state index contributed by atoms with van der Waals surface area (Å²) in [5.41, 5.74) is 2.37. The molecule has 0 saturated carbocycles. The topological polar surface area (TPSA) is 63.2 Å². The quantitative estimate of drug-likeness (QED) is 0.283. The van der Waals surface area contributed by atoms with Gasteiger partial charge in [0.15, 0.2) is 0 Å². The van der Waals surface area contributed by atoms with Gasteiger partial charge in [-0.25, -0.2) is 4.79 Å². The first-order valence-corrected chi connectivity index (χ1v) is 11.0. The van der Waals surface area contributed by atoms with E-state index in [4.69, 9.17) is 23.7 Å². The number of fused-ring (bicyclic) bond motifs is 1. The second-order valence-electron chi connectivity index (χ2n) is 7.96. The second kappa shape index (κ2) is 11.7. The number of carbonyl (C=O) groups excluding carboxylic acids is 1. The Morgan fingerprint density at radius 2 is 1.62 bits per heavy atom. The number of benzene rings is 2. The lowest BCUT2D eigenvalue weighted by molar-refractivity contribution is -0.130. The van der Waals surface area contributed by atoms with E-state index in [1.54, 1.807) is 20.3 Å². The van der Waals surface area contributed by atoms with Crippen LogP contribution in [0.25, 0.3) is 6.08 Å². The fraction of sp³-hybridized carbons (Fsp3) is 0.423. The first-order valence-electron chi connectivity index (χ1n) is 11.0. The maximum atomic E-state index is 12.7. The summed E-state index contributed by atoms with van der Waals surface area (Å²) < 4.78 is 28.3. The van der Waals surface area contributed by atoms with Gasteiger partial charge in [0.05, 0.1) is 12.2 Å². The third-order valence-corrected chi connectivity index (χ3v) is 5.24. The number of esters is 1. The van der Waals surface area contributed by atoms with E-state index < -0.39 is 0 Å². The molecule has 1 aliphatic rings. The second-order valence-corrected chi connectivity index (χ2v) is 7.96. The number of hydrogen-bond acceptors (Lipinski definition) is 6. The maximum absolute atomic E-state index is 12.7. The highest BCUT2D eigenvalue weighted by molar-refractivity contribution is 5.97. The summed E-state index contributed by atoms with van der Waals surface area (Å²) in [7, 11) is 3.34. The van der Waals surface area contributed by atoms with Crippen molar-refractivity contribution in [3.05, 3.63) is 59.2 Å². The highest BCUT2D eigenvalue weighted by Crippen LogP contribution is 2.40. The van der Waals surface area contributed by atoms with Crippen molar-refractivity contribution in [2.45, 2.75) is 45.3 Å². The van der Waals surface area contributed by atoms with Gasteiger partial charge in [-0.3, -0.25) is 0 Å². The van der Waals surface area contributed by atoms with Gasteiger partial charge in [0.1, 0.15) is 17.2 Å². The van der Waals surface area contributed by atoms with Crippen molar-refractivity contribution < 1.29 is 28.5 Å². The molecule has 0 radical (unpaired) electrons. The molecule has 1 heterocycles. The van der Waals surface area contributed by atoms with Crippen LogP contribution in [0.2, 0.25) is 0 Å².